The number of aromatic amines is 1. The highest BCUT2D eigenvalue weighted by Gasteiger charge is 2.17. The number of aliphatic hydroxyl groups is 1. The number of benzene rings is 1. The van der Waals surface area contributed by atoms with E-state index in [9.17, 15) is 9.59 Å². The van der Waals surface area contributed by atoms with Crippen molar-refractivity contribution in [1.82, 2.24) is 19.1 Å². The van der Waals surface area contributed by atoms with E-state index in [2.05, 4.69) is 9.97 Å². The summed E-state index contributed by atoms with van der Waals surface area (Å²) in [6, 6.07) is 4.90. The molecule has 0 aliphatic carbocycles. The zero-order valence-electron chi connectivity index (χ0n) is 12.2. The van der Waals surface area contributed by atoms with Gasteiger partial charge in [0.2, 0.25) is 0 Å². The van der Waals surface area contributed by atoms with Gasteiger partial charge in [0.1, 0.15) is 11.3 Å². The fourth-order valence-corrected chi connectivity index (χ4v) is 2.59. The maximum absolute atomic E-state index is 12.3. The van der Waals surface area contributed by atoms with Crippen LogP contribution in [0.4, 0.5) is 5.69 Å². The largest absolute Gasteiger partial charge is 0.398 e. The smallest absolute Gasteiger partial charge is 0.332 e. The zero-order valence-corrected chi connectivity index (χ0v) is 13.0. The first-order chi connectivity index (χ1) is 10.9. The summed E-state index contributed by atoms with van der Waals surface area (Å²) in [4.78, 5) is 31.6. The van der Waals surface area contributed by atoms with Crippen LogP contribution in [0.3, 0.4) is 0 Å². The molecule has 0 spiro atoms. The lowest BCUT2D eigenvalue weighted by Crippen LogP contribution is -2.38. The summed E-state index contributed by atoms with van der Waals surface area (Å²) in [5.41, 5.74) is 6.20. The van der Waals surface area contributed by atoms with Crippen molar-refractivity contribution in [3.63, 3.8) is 0 Å². The molecule has 120 valence electrons. The van der Waals surface area contributed by atoms with Crippen LogP contribution in [0.25, 0.3) is 22.6 Å². The molecule has 3 aromatic rings. The van der Waals surface area contributed by atoms with E-state index in [4.69, 9.17) is 22.4 Å². The molecule has 23 heavy (non-hydrogen) atoms. The second-order valence-electron chi connectivity index (χ2n) is 5.04. The van der Waals surface area contributed by atoms with Crippen molar-refractivity contribution in [2.75, 3.05) is 12.3 Å². The Bertz CT molecular complexity index is 1020. The molecule has 0 fully saturated rings. The van der Waals surface area contributed by atoms with E-state index in [1.807, 2.05) is 0 Å². The van der Waals surface area contributed by atoms with Gasteiger partial charge in [-0.2, -0.15) is 0 Å². The molecule has 3 rings (SSSR count). The van der Waals surface area contributed by atoms with Crippen LogP contribution < -0.4 is 17.0 Å². The van der Waals surface area contributed by atoms with Gasteiger partial charge in [-0.15, -0.1) is 0 Å². The molecule has 4 N–H and O–H groups in total. The third-order valence-electron chi connectivity index (χ3n) is 3.57. The number of aliphatic hydroxyl groups excluding tert-OH is 1. The molecule has 0 aliphatic heterocycles. The van der Waals surface area contributed by atoms with E-state index in [-0.39, 0.29) is 24.3 Å². The molecule has 0 saturated heterocycles. The fourth-order valence-electron chi connectivity index (χ4n) is 2.41. The summed E-state index contributed by atoms with van der Waals surface area (Å²) in [5, 5.41) is 9.62. The molecule has 8 nitrogen and oxygen atoms in total. The molecule has 0 unspecified atom stereocenters. The Morgan fingerprint density at radius 3 is 2.78 bits per heavy atom. The van der Waals surface area contributed by atoms with Gasteiger partial charge in [0.05, 0.1) is 13.2 Å². The van der Waals surface area contributed by atoms with Crippen LogP contribution in [0, 0.1) is 0 Å². The van der Waals surface area contributed by atoms with E-state index in [1.165, 1.54) is 11.6 Å². The third kappa shape index (κ3) is 2.41. The summed E-state index contributed by atoms with van der Waals surface area (Å²) in [7, 11) is 1.37. The molecule has 0 saturated carbocycles. The number of hydrogen-bond donors (Lipinski definition) is 3. The monoisotopic (exact) mass is 335 g/mol. The Morgan fingerprint density at radius 2 is 2.13 bits per heavy atom. The van der Waals surface area contributed by atoms with Gasteiger partial charge in [-0.05, 0) is 18.2 Å². The lowest BCUT2D eigenvalue weighted by atomic mass is 10.2. The molecule has 9 heteroatoms. The number of nitrogens with one attached hydrogen (secondary N) is 1. The number of halogens is 1. The normalized spacial score (nSPS) is 11.3. The average Bonchev–Trinajstić information content (AvgIpc) is 2.94. The molecular formula is C14H14ClN5O3. The molecule has 0 aliphatic rings. The van der Waals surface area contributed by atoms with Gasteiger partial charge in [0, 0.05) is 23.3 Å². The highest BCUT2D eigenvalue weighted by Crippen LogP contribution is 2.27. The highest BCUT2D eigenvalue weighted by atomic mass is 35.5. The number of nitrogens with two attached hydrogens (primary N) is 1. The average molecular weight is 336 g/mol. The number of fused-ring (bicyclic) bond motifs is 1. The summed E-state index contributed by atoms with van der Waals surface area (Å²) in [6.07, 6.45) is 0. The minimum atomic E-state index is -0.543. The van der Waals surface area contributed by atoms with Gasteiger partial charge in [0.25, 0.3) is 5.56 Å². The van der Waals surface area contributed by atoms with Crippen molar-refractivity contribution in [3.05, 3.63) is 44.1 Å². The molecule has 2 aromatic heterocycles. The van der Waals surface area contributed by atoms with Gasteiger partial charge in [-0.3, -0.25) is 13.9 Å². The van der Waals surface area contributed by atoms with E-state index in [0.29, 0.717) is 22.1 Å². The number of anilines is 1. The van der Waals surface area contributed by atoms with Crippen molar-refractivity contribution in [1.29, 1.82) is 0 Å². The minimum Gasteiger partial charge on any atom is -0.398 e. The van der Waals surface area contributed by atoms with Crippen molar-refractivity contribution in [2.24, 2.45) is 7.05 Å². The Morgan fingerprint density at radius 1 is 1.39 bits per heavy atom. The van der Waals surface area contributed by atoms with E-state index in [1.54, 1.807) is 18.2 Å². The van der Waals surface area contributed by atoms with Crippen molar-refractivity contribution in [2.45, 2.75) is 6.54 Å². The molecule has 0 atom stereocenters. The standard InChI is InChI=1S/C14H14ClN5O3/c1-19-13(22)10-12(20(4-5-21)14(19)23)18-11(17-10)8-3-2-7(15)6-9(8)16/h2-3,6,21H,4-5,16H2,1H3,(H,17,18). The number of H-pyrrole nitrogens is 1. The first kappa shape index (κ1) is 15.3. The number of nitrogens with zero attached hydrogens (tertiary/aromatic N) is 3. The minimum absolute atomic E-state index is 0.0316. The summed E-state index contributed by atoms with van der Waals surface area (Å²) in [5.74, 6) is 0.351. The molecular weight excluding hydrogens is 322 g/mol. The Balaban J connectivity index is 2.34. The fraction of sp³-hybridized carbons (Fsp3) is 0.214. The quantitative estimate of drug-likeness (QED) is 0.595. The molecule has 0 amide bonds. The van der Waals surface area contributed by atoms with Gasteiger partial charge >= 0.3 is 5.69 Å². The lowest BCUT2D eigenvalue weighted by Gasteiger charge is -2.05. The van der Waals surface area contributed by atoms with Crippen LogP contribution in [0.2, 0.25) is 5.02 Å². The summed E-state index contributed by atoms with van der Waals surface area (Å²) in [6.45, 7) is -0.220. The number of rotatable bonds is 3. The van der Waals surface area contributed by atoms with Gasteiger partial charge in [-0.25, -0.2) is 9.78 Å². The van der Waals surface area contributed by atoms with Gasteiger partial charge in [-0.1, -0.05) is 11.6 Å². The highest BCUT2D eigenvalue weighted by molar-refractivity contribution is 6.31. The number of hydrogen-bond acceptors (Lipinski definition) is 5. The second kappa shape index (κ2) is 5.56. The number of imidazole rings is 1. The van der Waals surface area contributed by atoms with Gasteiger partial charge < -0.3 is 15.8 Å². The van der Waals surface area contributed by atoms with Gasteiger partial charge in [0.15, 0.2) is 5.65 Å². The Labute approximate surface area is 134 Å². The Kier molecular flexibility index (Phi) is 3.70. The van der Waals surface area contributed by atoms with Crippen molar-refractivity contribution >= 4 is 28.5 Å². The molecule has 1 aromatic carbocycles. The number of aromatic nitrogens is 4. The van der Waals surface area contributed by atoms with Crippen LogP contribution in [-0.4, -0.2) is 30.8 Å². The first-order valence-corrected chi connectivity index (χ1v) is 7.17. The molecule has 0 bridgehead atoms. The zero-order chi connectivity index (χ0) is 16.7. The van der Waals surface area contributed by atoms with E-state index >= 15 is 0 Å². The summed E-state index contributed by atoms with van der Waals surface area (Å²) < 4.78 is 2.20. The van der Waals surface area contributed by atoms with Crippen LogP contribution >= 0.6 is 11.6 Å². The van der Waals surface area contributed by atoms with Crippen LogP contribution in [0.15, 0.2) is 27.8 Å². The maximum atomic E-state index is 12.3. The Hall–Kier alpha value is -2.58. The number of nitrogen functional groups attached to an aromatic ring is 1. The lowest BCUT2D eigenvalue weighted by molar-refractivity contribution is 0.274. The topological polar surface area (TPSA) is 119 Å². The van der Waals surface area contributed by atoms with Crippen LogP contribution in [0.1, 0.15) is 0 Å². The predicted octanol–water partition coefficient (Wildman–Crippen LogP) is 0.318. The van der Waals surface area contributed by atoms with Crippen molar-refractivity contribution < 1.29 is 5.11 Å². The van der Waals surface area contributed by atoms with Crippen LogP contribution in [-0.2, 0) is 13.6 Å². The van der Waals surface area contributed by atoms with E-state index < -0.39 is 11.2 Å². The SMILES string of the molecule is Cn1c(=O)c2[nH]c(-c3ccc(Cl)cc3N)nc2n(CCO)c1=O. The second-order valence-corrected chi connectivity index (χ2v) is 5.47. The first-order valence-electron chi connectivity index (χ1n) is 6.80. The van der Waals surface area contributed by atoms with Crippen molar-refractivity contribution in [3.8, 4) is 11.4 Å². The maximum Gasteiger partial charge on any atom is 0.332 e. The molecule has 0 radical (unpaired) electrons. The molecule has 2 heterocycles. The predicted molar refractivity (Wildman–Crippen MR) is 87.5 cm³/mol. The summed E-state index contributed by atoms with van der Waals surface area (Å²) >= 11 is 5.88. The van der Waals surface area contributed by atoms with Crippen LogP contribution in [0.5, 0.6) is 0 Å². The third-order valence-corrected chi connectivity index (χ3v) is 3.80. The van der Waals surface area contributed by atoms with E-state index in [0.717, 1.165) is 4.57 Å².